The highest BCUT2D eigenvalue weighted by molar-refractivity contribution is 9.10. The van der Waals surface area contributed by atoms with Gasteiger partial charge in [0.25, 0.3) is 0 Å². The van der Waals surface area contributed by atoms with Crippen molar-refractivity contribution < 1.29 is 18.6 Å². The third-order valence-electron chi connectivity index (χ3n) is 1.54. The third-order valence-corrected chi connectivity index (χ3v) is 2.00. The number of rotatable bonds is 3. The standard InChI is InChI=1S/C10H11BrF2O2/c1-10(2,14)5-15-8-4-6(11)3-7(12)9(8)13/h3-4,14H,5H2,1-2H3. The summed E-state index contributed by atoms with van der Waals surface area (Å²) in [7, 11) is 0. The Morgan fingerprint density at radius 3 is 2.53 bits per heavy atom. The summed E-state index contributed by atoms with van der Waals surface area (Å²) >= 11 is 3.02. The van der Waals surface area contributed by atoms with Gasteiger partial charge < -0.3 is 9.84 Å². The van der Waals surface area contributed by atoms with Crippen LogP contribution in [0.4, 0.5) is 8.78 Å². The van der Waals surface area contributed by atoms with Crippen LogP contribution in [-0.4, -0.2) is 17.3 Å². The number of hydrogen-bond donors (Lipinski definition) is 1. The molecule has 5 heteroatoms. The minimum Gasteiger partial charge on any atom is -0.487 e. The molecule has 1 aromatic carbocycles. The molecule has 0 amide bonds. The van der Waals surface area contributed by atoms with Gasteiger partial charge in [0.15, 0.2) is 11.6 Å². The topological polar surface area (TPSA) is 29.5 Å². The molecule has 0 aliphatic rings. The number of halogens is 3. The molecular formula is C10H11BrF2O2. The molecule has 0 unspecified atom stereocenters. The second kappa shape index (κ2) is 4.45. The minimum absolute atomic E-state index is 0.111. The molecule has 0 radical (unpaired) electrons. The Kier molecular flexibility index (Phi) is 3.67. The fourth-order valence-corrected chi connectivity index (χ4v) is 1.30. The lowest BCUT2D eigenvalue weighted by Crippen LogP contribution is -2.28. The van der Waals surface area contributed by atoms with Crippen molar-refractivity contribution in [1.82, 2.24) is 0 Å². The van der Waals surface area contributed by atoms with E-state index in [0.29, 0.717) is 4.47 Å². The Hall–Kier alpha value is -0.680. The predicted octanol–water partition coefficient (Wildman–Crippen LogP) is 2.88. The SMILES string of the molecule is CC(C)(O)COc1cc(Br)cc(F)c1F. The van der Waals surface area contributed by atoms with E-state index in [1.54, 1.807) is 0 Å². The second-order valence-electron chi connectivity index (χ2n) is 3.80. The molecule has 0 aliphatic heterocycles. The maximum absolute atomic E-state index is 13.2. The monoisotopic (exact) mass is 280 g/mol. The summed E-state index contributed by atoms with van der Waals surface area (Å²) in [6.45, 7) is 2.91. The van der Waals surface area contributed by atoms with Crippen LogP contribution in [0, 0.1) is 11.6 Å². The molecule has 0 atom stereocenters. The van der Waals surface area contributed by atoms with Crippen LogP contribution in [0.25, 0.3) is 0 Å². The van der Waals surface area contributed by atoms with Gasteiger partial charge in [0.05, 0.1) is 5.60 Å². The van der Waals surface area contributed by atoms with Gasteiger partial charge in [-0.05, 0) is 26.0 Å². The Labute approximate surface area is 95.0 Å². The molecule has 0 fully saturated rings. The van der Waals surface area contributed by atoms with Crippen LogP contribution in [0.3, 0.4) is 0 Å². The first-order valence-corrected chi connectivity index (χ1v) is 5.08. The van der Waals surface area contributed by atoms with Gasteiger partial charge in [-0.1, -0.05) is 15.9 Å². The lowest BCUT2D eigenvalue weighted by Gasteiger charge is -2.18. The van der Waals surface area contributed by atoms with Gasteiger partial charge in [0.1, 0.15) is 6.61 Å². The number of aliphatic hydroxyl groups is 1. The van der Waals surface area contributed by atoms with E-state index < -0.39 is 17.2 Å². The average molecular weight is 281 g/mol. The van der Waals surface area contributed by atoms with Gasteiger partial charge in [-0.25, -0.2) is 4.39 Å². The first kappa shape index (κ1) is 12.4. The van der Waals surface area contributed by atoms with Crippen molar-refractivity contribution in [2.24, 2.45) is 0 Å². The summed E-state index contributed by atoms with van der Waals surface area (Å²) in [5, 5.41) is 9.36. The van der Waals surface area contributed by atoms with Crippen molar-refractivity contribution in [3.05, 3.63) is 28.2 Å². The van der Waals surface area contributed by atoms with E-state index >= 15 is 0 Å². The highest BCUT2D eigenvalue weighted by atomic mass is 79.9. The van der Waals surface area contributed by atoms with E-state index in [-0.39, 0.29) is 12.4 Å². The quantitative estimate of drug-likeness (QED) is 0.863. The molecule has 84 valence electrons. The zero-order valence-electron chi connectivity index (χ0n) is 8.35. The summed E-state index contributed by atoms with van der Waals surface area (Å²) in [5.74, 6) is -2.26. The summed E-state index contributed by atoms with van der Waals surface area (Å²) < 4.78 is 31.4. The highest BCUT2D eigenvalue weighted by Gasteiger charge is 2.17. The Morgan fingerprint density at radius 2 is 2.00 bits per heavy atom. The first-order valence-electron chi connectivity index (χ1n) is 4.29. The predicted molar refractivity (Wildman–Crippen MR) is 55.9 cm³/mol. The Morgan fingerprint density at radius 1 is 1.40 bits per heavy atom. The van der Waals surface area contributed by atoms with Crippen LogP contribution < -0.4 is 4.74 Å². The first-order chi connectivity index (χ1) is 6.79. The molecule has 0 spiro atoms. The normalized spacial score (nSPS) is 11.6. The van der Waals surface area contributed by atoms with Crippen LogP contribution in [0.2, 0.25) is 0 Å². The van der Waals surface area contributed by atoms with Crippen LogP contribution in [-0.2, 0) is 0 Å². The number of hydrogen-bond acceptors (Lipinski definition) is 2. The highest BCUT2D eigenvalue weighted by Crippen LogP contribution is 2.25. The fourth-order valence-electron chi connectivity index (χ4n) is 0.892. The maximum atomic E-state index is 13.2. The van der Waals surface area contributed by atoms with Crippen LogP contribution in [0.1, 0.15) is 13.8 Å². The molecule has 0 saturated heterocycles. The van der Waals surface area contributed by atoms with E-state index in [1.165, 1.54) is 19.9 Å². The van der Waals surface area contributed by atoms with E-state index in [1.807, 2.05) is 0 Å². The second-order valence-corrected chi connectivity index (χ2v) is 4.72. The molecule has 15 heavy (non-hydrogen) atoms. The van der Waals surface area contributed by atoms with Gasteiger partial charge >= 0.3 is 0 Å². The maximum Gasteiger partial charge on any atom is 0.200 e. The van der Waals surface area contributed by atoms with Crippen molar-refractivity contribution in [3.8, 4) is 5.75 Å². The molecule has 1 aromatic rings. The minimum atomic E-state index is -1.09. The lowest BCUT2D eigenvalue weighted by molar-refractivity contribution is 0.0269. The van der Waals surface area contributed by atoms with Gasteiger partial charge in [-0.3, -0.25) is 0 Å². The van der Waals surface area contributed by atoms with E-state index in [9.17, 15) is 13.9 Å². The largest absolute Gasteiger partial charge is 0.487 e. The molecule has 0 bridgehead atoms. The zero-order valence-corrected chi connectivity index (χ0v) is 9.94. The molecule has 1 N–H and O–H groups in total. The van der Waals surface area contributed by atoms with Crippen molar-refractivity contribution in [1.29, 1.82) is 0 Å². The van der Waals surface area contributed by atoms with Crippen molar-refractivity contribution in [2.75, 3.05) is 6.61 Å². The van der Waals surface area contributed by atoms with E-state index in [4.69, 9.17) is 4.74 Å². The van der Waals surface area contributed by atoms with Gasteiger partial charge in [0.2, 0.25) is 5.82 Å². The molecule has 0 aromatic heterocycles. The fraction of sp³-hybridized carbons (Fsp3) is 0.400. The molecule has 0 aliphatic carbocycles. The summed E-state index contributed by atoms with van der Waals surface area (Å²) in [4.78, 5) is 0. The van der Waals surface area contributed by atoms with Gasteiger partial charge in [-0.15, -0.1) is 0 Å². The smallest absolute Gasteiger partial charge is 0.200 e. The van der Waals surface area contributed by atoms with Crippen LogP contribution in [0.5, 0.6) is 5.75 Å². The van der Waals surface area contributed by atoms with Crippen molar-refractivity contribution in [3.63, 3.8) is 0 Å². The number of benzene rings is 1. The van der Waals surface area contributed by atoms with Crippen LogP contribution >= 0.6 is 15.9 Å². The van der Waals surface area contributed by atoms with Gasteiger partial charge in [0, 0.05) is 4.47 Å². The lowest BCUT2D eigenvalue weighted by atomic mass is 10.2. The molecule has 0 heterocycles. The molecule has 0 saturated carbocycles. The third kappa shape index (κ3) is 3.76. The Bertz CT molecular complexity index is 361. The van der Waals surface area contributed by atoms with Crippen molar-refractivity contribution in [2.45, 2.75) is 19.4 Å². The summed E-state index contributed by atoms with van der Waals surface area (Å²) in [5.41, 5.74) is -1.09. The summed E-state index contributed by atoms with van der Waals surface area (Å²) in [6, 6.07) is 2.32. The van der Waals surface area contributed by atoms with Crippen LogP contribution in [0.15, 0.2) is 16.6 Å². The van der Waals surface area contributed by atoms with E-state index in [0.717, 1.165) is 6.07 Å². The molecule has 1 rings (SSSR count). The summed E-state index contributed by atoms with van der Waals surface area (Å²) in [6.07, 6.45) is 0. The van der Waals surface area contributed by atoms with Gasteiger partial charge in [-0.2, -0.15) is 4.39 Å². The zero-order chi connectivity index (χ0) is 11.6. The average Bonchev–Trinajstić information content (AvgIpc) is 2.07. The number of ether oxygens (including phenoxy) is 1. The van der Waals surface area contributed by atoms with Crippen molar-refractivity contribution >= 4 is 15.9 Å². The Balaban J connectivity index is 2.86. The van der Waals surface area contributed by atoms with E-state index in [2.05, 4.69) is 15.9 Å². The molecular weight excluding hydrogens is 270 g/mol. The molecule has 2 nitrogen and oxygen atoms in total.